The highest BCUT2D eigenvalue weighted by molar-refractivity contribution is 7.78. The molecule has 0 spiro atoms. The predicted octanol–water partition coefficient (Wildman–Crippen LogP) is 3.06. The average Bonchev–Trinajstić information content (AvgIpc) is 2.59. The van der Waals surface area contributed by atoms with Gasteiger partial charge in [0.1, 0.15) is 5.75 Å². The summed E-state index contributed by atoms with van der Waals surface area (Å²) in [5, 5.41) is 0. The normalized spacial score (nSPS) is 10.7. The van der Waals surface area contributed by atoms with Crippen molar-refractivity contribution in [3.63, 3.8) is 0 Å². The van der Waals surface area contributed by atoms with E-state index in [-0.39, 0.29) is 0 Å². The topological polar surface area (TPSA) is 31.6 Å². The van der Waals surface area contributed by atoms with Crippen LogP contribution in [-0.4, -0.2) is 21.3 Å². The maximum atomic E-state index is 5.42. The lowest BCUT2D eigenvalue weighted by molar-refractivity contribution is -0.677. The molecule has 1 heterocycles. The molecule has 0 bridgehead atoms. The Morgan fingerprint density at radius 2 is 1.64 bits per heavy atom. The number of pyridine rings is 1. The molecule has 2 aromatic rings. The molecule has 1 aromatic carbocycles. The molecule has 0 aliphatic rings. The van der Waals surface area contributed by atoms with Crippen molar-refractivity contribution in [3.8, 4) is 17.2 Å². The summed E-state index contributed by atoms with van der Waals surface area (Å²) < 4.78 is 18.1. The Morgan fingerprint density at radius 1 is 0.955 bits per heavy atom. The summed E-state index contributed by atoms with van der Waals surface area (Å²) >= 11 is 4.32. The molecule has 116 valence electrons. The van der Waals surface area contributed by atoms with Gasteiger partial charge in [0.15, 0.2) is 23.6 Å². The quantitative estimate of drug-likeness (QED) is 0.656. The third kappa shape index (κ3) is 3.54. The molecule has 0 unspecified atom stereocenters. The van der Waals surface area contributed by atoms with Crippen LogP contribution in [0.2, 0.25) is 0 Å². The zero-order valence-corrected chi connectivity index (χ0v) is 13.8. The van der Waals surface area contributed by atoms with E-state index in [0.717, 1.165) is 17.0 Å². The molecule has 0 amide bonds. The minimum Gasteiger partial charge on any atom is -0.496 e. The summed E-state index contributed by atoms with van der Waals surface area (Å²) in [5.74, 6) is 2.64. The standard InChI is InChI=1S/C17H19NO3S/c1-19-15-11-17(21-3)16(20-2)10-13(15)7-8-14-6-4-5-9-18(14)12-22/h4-11H,12H2,1-3H3/p+1/b8-7+. The summed E-state index contributed by atoms with van der Waals surface area (Å²) in [6, 6.07) is 9.70. The average molecular weight is 318 g/mol. The zero-order chi connectivity index (χ0) is 15.9. The van der Waals surface area contributed by atoms with E-state index in [2.05, 4.69) is 12.6 Å². The first kappa shape index (κ1) is 16.2. The van der Waals surface area contributed by atoms with E-state index in [4.69, 9.17) is 14.2 Å². The lowest BCUT2D eigenvalue weighted by Gasteiger charge is -2.12. The highest BCUT2D eigenvalue weighted by Gasteiger charge is 2.11. The summed E-state index contributed by atoms with van der Waals surface area (Å²) in [5.41, 5.74) is 1.96. The van der Waals surface area contributed by atoms with Gasteiger partial charge in [0.2, 0.25) is 5.69 Å². The van der Waals surface area contributed by atoms with Crippen molar-refractivity contribution < 1.29 is 18.8 Å². The molecule has 0 saturated carbocycles. The first-order valence-corrected chi connectivity index (χ1v) is 7.44. The molecule has 2 rings (SSSR count). The first-order valence-electron chi connectivity index (χ1n) is 6.81. The molecule has 0 radical (unpaired) electrons. The Balaban J connectivity index is 2.41. The molecule has 4 nitrogen and oxygen atoms in total. The van der Waals surface area contributed by atoms with Gasteiger partial charge in [0.25, 0.3) is 0 Å². The van der Waals surface area contributed by atoms with E-state index in [0.29, 0.717) is 17.4 Å². The Morgan fingerprint density at radius 3 is 2.27 bits per heavy atom. The van der Waals surface area contributed by atoms with Crippen LogP contribution in [0.3, 0.4) is 0 Å². The number of methoxy groups -OCH3 is 3. The number of ether oxygens (including phenoxy) is 3. The minimum absolute atomic E-state index is 0.615. The van der Waals surface area contributed by atoms with Crippen LogP contribution in [0.4, 0.5) is 0 Å². The highest BCUT2D eigenvalue weighted by atomic mass is 32.1. The fraction of sp³-hybridized carbons (Fsp3) is 0.235. The van der Waals surface area contributed by atoms with Crippen molar-refractivity contribution in [1.82, 2.24) is 0 Å². The smallest absolute Gasteiger partial charge is 0.205 e. The molecule has 22 heavy (non-hydrogen) atoms. The molecular weight excluding hydrogens is 298 g/mol. The molecular formula is C17H20NO3S+. The van der Waals surface area contributed by atoms with Gasteiger partial charge in [-0.3, -0.25) is 0 Å². The summed E-state index contributed by atoms with van der Waals surface area (Å²) in [6.07, 6.45) is 5.98. The molecule has 0 N–H and O–H groups in total. The SMILES string of the molecule is COc1cc(OC)c(OC)cc1/C=C/c1cccc[n+]1CS. The van der Waals surface area contributed by atoms with Crippen LogP contribution in [0.15, 0.2) is 36.5 Å². The Kier molecular flexibility index (Phi) is 5.72. The second-order valence-electron chi connectivity index (χ2n) is 4.52. The second kappa shape index (κ2) is 7.75. The van der Waals surface area contributed by atoms with Gasteiger partial charge in [-0.15, -0.1) is 12.6 Å². The van der Waals surface area contributed by atoms with Gasteiger partial charge in [-0.25, -0.2) is 0 Å². The van der Waals surface area contributed by atoms with Gasteiger partial charge >= 0.3 is 0 Å². The van der Waals surface area contributed by atoms with Crippen LogP contribution in [0.5, 0.6) is 17.2 Å². The van der Waals surface area contributed by atoms with E-state index >= 15 is 0 Å². The largest absolute Gasteiger partial charge is 0.496 e. The maximum Gasteiger partial charge on any atom is 0.205 e. The third-order valence-electron chi connectivity index (χ3n) is 3.30. The van der Waals surface area contributed by atoms with Gasteiger partial charge in [0, 0.05) is 29.8 Å². The number of nitrogens with zero attached hydrogens (tertiary/aromatic N) is 1. The van der Waals surface area contributed by atoms with Gasteiger partial charge in [-0.1, -0.05) is 0 Å². The van der Waals surface area contributed by atoms with Crippen molar-refractivity contribution >= 4 is 24.8 Å². The van der Waals surface area contributed by atoms with Crippen LogP contribution < -0.4 is 18.8 Å². The fourth-order valence-corrected chi connectivity index (χ4v) is 2.39. The van der Waals surface area contributed by atoms with Crippen LogP contribution in [0, 0.1) is 0 Å². The van der Waals surface area contributed by atoms with Gasteiger partial charge in [0.05, 0.1) is 21.3 Å². The number of thiol groups is 1. The van der Waals surface area contributed by atoms with E-state index in [1.54, 1.807) is 21.3 Å². The lowest BCUT2D eigenvalue weighted by Crippen LogP contribution is -2.33. The van der Waals surface area contributed by atoms with Crippen molar-refractivity contribution in [2.45, 2.75) is 5.88 Å². The monoisotopic (exact) mass is 318 g/mol. The Bertz CT molecular complexity index is 671. The third-order valence-corrected chi connectivity index (χ3v) is 3.60. The van der Waals surface area contributed by atoms with E-state index in [1.165, 1.54) is 0 Å². The number of rotatable bonds is 6. The highest BCUT2D eigenvalue weighted by Crippen LogP contribution is 2.35. The minimum atomic E-state index is 0.615. The number of aromatic nitrogens is 1. The molecule has 0 saturated heterocycles. The van der Waals surface area contributed by atoms with E-state index in [9.17, 15) is 0 Å². The van der Waals surface area contributed by atoms with Gasteiger partial charge < -0.3 is 14.2 Å². The summed E-state index contributed by atoms with van der Waals surface area (Å²) in [6.45, 7) is 0. The zero-order valence-electron chi connectivity index (χ0n) is 12.9. The fourth-order valence-electron chi connectivity index (χ4n) is 2.13. The molecule has 0 aliphatic heterocycles. The molecule has 1 aromatic heterocycles. The van der Waals surface area contributed by atoms with Crippen LogP contribution in [0.25, 0.3) is 12.2 Å². The second-order valence-corrected chi connectivity index (χ2v) is 4.80. The van der Waals surface area contributed by atoms with Crippen molar-refractivity contribution in [2.75, 3.05) is 21.3 Å². The maximum absolute atomic E-state index is 5.42. The first-order chi connectivity index (χ1) is 10.7. The van der Waals surface area contributed by atoms with Gasteiger partial charge in [-0.2, -0.15) is 4.57 Å². The number of benzene rings is 1. The number of hydrogen-bond acceptors (Lipinski definition) is 4. The van der Waals surface area contributed by atoms with E-state index in [1.807, 2.05) is 53.2 Å². The molecule has 0 atom stereocenters. The van der Waals surface area contributed by atoms with Gasteiger partial charge in [-0.05, 0) is 18.2 Å². The summed E-state index contributed by atoms with van der Waals surface area (Å²) in [4.78, 5) is 0. The predicted molar refractivity (Wildman–Crippen MR) is 90.6 cm³/mol. The lowest BCUT2D eigenvalue weighted by atomic mass is 10.1. The number of hydrogen-bond donors (Lipinski definition) is 1. The Labute approximate surface area is 136 Å². The van der Waals surface area contributed by atoms with Crippen molar-refractivity contribution in [3.05, 3.63) is 47.8 Å². The summed E-state index contributed by atoms with van der Waals surface area (Å²) in [7, 11) is 4.85. The molecule has 5 heteroatoms. The Hall–Kier alpha value is -2.14. The van der Waals surface area contributed by atoms with Crippen molar-refractivity contribution in [2.24, 2.45) is 0 Å². The van der Waals surface area contributed by atoms with E-state index < -0.39 is 0 Å². The molecule has 0 aliphatic carbocycles. The van der Waals surface area contributed by atoms with Crippen LogP contribution in [-0.2, 0) is 5.88 Å². The van der Waals surface area contributed by atoms with Crippen LogP contribution in [0.1, 0.15) is 11.3 Å². The van der Waals surface area contributed by atoms with Crippen LogP contribution >= 0.6 is 12.6 Å². The van der Waals surface area contributed by atoms with Crippen molar-refractivity contribution in [1.29, 1.82) is 0 Å². The molecule has 0 fully saturated rings.